The van der Waals surface area contributed by atoms with Gasteiger partial charge in [0.25, 0.3) is 11.1 Å². The van der Waals surface area contributed by atoms with Gasteiger partial charge in [-0.3, -0.25) is 0 Å². The maximum absolute atomic E-state index is 9.95. The molecule has 0 saturated heterocycles. The summed E-state index contributed by atoms with van der Waals surface area (Å²) in [6.45, 7) is 0.763. The Morgan fingerprint density at radius 3 is 2.83 bits per heavy atom. The third-order valence-electron chi connectivity index (χ3n) is 2.96. The van der Waals surface area contributed by atoms with Gasteiger partial charge < -0.3 is 14.3 Å². The van der Waals surface area contributed by atoms with Crippen molar-refractivity contribution in [2.45, 2.75) is 17.9 Å². The van der Waals surface area contributed by atoms with Crippen LogP contribution in [0.25, 0.3) is 10.8 Å². The second kappa shape index (κ2) is 8.26. The van der Waals surface area contributed by atoms with Crippen LogP contribution < -0.4 is 0 Å². The number of hydrogen-bond donors (Lipinski definition) is 1. The summed E-state index contributed by atoms with van der Waals surface area (Å²) in [4.78, 5) is 0.941. The average Bonchev–Trinajstić information content (AvgIpc) is 3.25. The monoisotopic (exact) mass is 348 g/mol. The molecule has 1 aromatic carbocycles. The second-order valence-corrected chi connectivity index (χ2v) is 6.73. The normalized spacial score (nSPS) is 12.4. The standard InChI is InChI=1S/C16H16N2O3S2/c19-13(10-20-9-12-5-2-1-3-6-12)11-23-16-18-17-15(21-16)14-7-4-8-22-14/h1-8,13,19H,9-11H2/t13-/m0/s1. The van der Waals surface area contributed by atoms with E-state index in [4.69, 9.17) is 9.15 Å². The van der Waals surface area contributed by atoms with Gasteiger partial charge >= 0.3 is 0 Å². The van der Waals surface area contributed by atoms with Gasteiger partial charge in [0, 0.05) is 5.75 Å². The summed E-state index contributed by atoms with van der Waals surface area (Å²) in [5.74, 6) is 0.957. The van der Waals surface area contributed by atoms with Crippen molar-refractivity contribution < 1.29 is 14.3 Å². The first-order valence-electron chi connectivity index (χ1n) is 7.11. The van der Waals surface area contributed by atoms with Gasteiger partial charge in [-0.05, 0) is 17.0 Å². The van der Waals surface area contributed by atoms with Gasteiger partial charge in [0.15, 0.2) is 0 Å². The maximum Gasteiger partial charge on any atom is 0.276 e. The molecule has 3 rings (SSSR count). The van der Waals surface area contributed by atoms with Crippen molar-refractivity contribution in [1.29, 1.82) is 0 Å². The highest BCUT2D eigenvalue weighted by molar-refractivity contribution is 7.99. The lowest BCUT2D eigenvalue weighted by Gasteiger charge is -2.09. The van der Waals surface area contributed by atoms with Gasteiger partial charge in [-0.25, -0.2) is 0 Å². The molecule has 23 heavy (non-hydrogen) atoms. The minimum absolute atomic E-state index is 0.272. The summed E-state index contributed by atoms with van der Waals surface area (Å²) < 4.78 is 11.1. The second-order valence-electron chi connectivity index (χ2n) is 4.82. The lowest BCUT2D eigenvalue weighted by molar-refractivity contribution is 0.0397. The minimum atomic E-state index is -0.583. The highest BCUT2D eigenvalue weighted by Crippen LogP contribution is 2.26. The van der Waals surface area contributed by atoms with E-state index in [9.17, 15) is 5.11 Å². The third kappa shape index (κ3) is 4.90. The van der Waals surface area contributed by atoms with E-state index in [2.05, 4.69) is 10.2 Å². The Labute approximate surface area is 142 Å². The number of thioether (sulfide) groups is 1. The first kappa shape index (κ1) is 16.2. The van der Waals surface area contributed by atoms with Crippen molar-refractivity contribution in [2.75, 3.05) is 12.4 Å². The smallest absolute Gasteiger partial charge is 0.276 e. The van der Waals surface area contributed by atoms with Crippen LogP contribution in [-0.2, 0) is 11.3 Å². The summed E-state index contributed by atoms with van der Waals surface area (Å²) >= 11 is 2.88. The van der Waals surface area contributed by atoms with Crippen LogP contribution in [0.3, 0.4) is 0 Å². The van der Waals surface area contributed by atoms with Crippen LogP contribution in [0, 0.1) is 0 Å². The van der Waals surface area contributed by atoms with Crippen LogP contribution in [0.4, 0.5) is 0 Å². The van der Waals surface area contributed by atoms with Gasteiger partial charge in [0.05, 0.1) is 24.2 Å². The highest BCUT2D eigenvalue weighted by atomic mass is 32.2. The number of hydrogen-bond acceptors (Lipinski definition) is 7. The Balaban J connectivity index is 1.40. The molecular weight excluding hydrogens is 332 g/mol. The molecule has 0 spiro atoms. The molecule has 120 valence electrons. The molecule has 0 bridgehead atoms. The average molecular weight is 348 g/mol. The molecule has 3 aromatic rings. The van der Waals surface area contributed by atoms with Gasteiger partial charge in [-0.1, -0.05) is 48.2 Å². The van der Waals surface area contributed by atoms with E-state index >= 15 is 0 Å². The molecule has 0 unspecified atom stereocenters. The van der Waals surface area contributed by atoms with Crippen LogP contribution in [0.15, 0.2) is 57.5 Å². The van der Waals surface area contributed by atoms with Crippen molar-refractivity contribution in [1.82, 2.24) is 10.2 Å². The van der Waals surface area contributed by atoms with Gasteiger partial charge in [0.2, 0.25) is 0 Å². The van der Waals surface area contributed by atoms with Crippen molar-refractivity contribution in [2.24, 2.45) is 0 Å². The summed E-state index contributed by atoms with van der Waals surface area (Å²) in [5, 5.41) is 20.3. The third-order valence-corrected chi connectivity index (χ3v) is 4.78. The molecule has 0 aliphatic heterocycles. The molecule has 1 atom stereocenters. The maximum atomic E-state index is 9.95. The van der Waals surface area contributed by atoms with Gasteiger partial charge in [-0.15, -0.1) is 21.5 Å². The van der Waals surface area contributed by atoms with E-state index < -0.39 is 6.10 Å². The Kier molecular flexibility index (Phi) is 5.82. The Bertz CT molecular complexity index is 701. The molecule has 0 aliphatic rings. The van der Waals surface area contributed by atoms with Crippen LogP contribution in [-0.4, -0.2) is 33.8 Å². The molecule has 0 aliphatic carbocycles. The number of aliphatic hydroxyl groups is 1. The molecule has 2 heterocycles. The number of ether oxygens (including phenoxy) is 1. The quantitative estimate of drug-likeness (QED) is 0.629. The number of aromatic nitrogens is 2. The predicted octanol–water partition coefficient (Wildman–Crippen LogP) is 3.47. The first-order valence-corrected chi connectivity index (χ1v) is 8.97. The molecule has 2 aromatic heterocycles. The van der Waals surface area contributed by atoms with Crippen LogP contribution in [0.5, 0.6) is 0 Å². The Morgan fingerprint density at radius 1 is 1.17 bits per heavy atom. The zero-order chi connectivity index (χ0) is 15.9. The predicted molar refractivity (Wildman–Crippen MR) is 90.4 cm³/mol. The fourth-order valence-electron chi connectivity index (χ4n) is 1.87. The van der Waals surface area contributed by atoms with Crippen LogP contribution >= 0.6 is 23.1 Å². The van der Waals surface area contributed by atoms with E-state index in [0.29, 0.717) is 23.5 Å². The number of thiophene rings is 1. The largest absolute Gasteiger partial charge is 0.410 e. The van der Waals surface area contributed by atoms with E-state index in [-0.39, 0.29) is 6.61 Å². The molecule has 0 radical (unpaired) electrons. The van der Waals surface area contributed by atoms with Crippen LogP contribution in [0.1, 0.15) is 5.56 Å². The first-order chi connectivity index (χ1) is 11.3. The molecule has 7 heteroatoms. The van der Waals surface area contributed by atoms with Crippen LogP contribution in [0.2, 0.25) is 0 Å². The molecular formula is C16H16N2O3S2. The van der Waals surface area contributed by atoms with Crippen molar-refractivity contribution >= 4 is 23.1 Å². The van der Waals surface area contributed by atoms with Gasteiger partial charge in [-0.2, -0.15) is 0 Å². The SMILES string of the molecule is O[C@@H](COCc1ccccc1)CSc1nnc(-c2cccs2)o1. The number of rotatable bonds is 8. The topological polar surface area (TPSA) is 68.4 Å². The summed E-state index contributed by atoms with van der Waals surface area (Å²) in [7, 11) is 0. The zero-order valence-electron chi connectivity index (χ0n) is 12.3. The molecule has 0 fully saturated rings. The Hall–Kier alpha value is -1.67. The summed E-state index contributed by atoms with van der Waals surface area (Å²) in [5.41, 5.74) is 1.09. The Morgan fingerprint density at radius 2 is 2.04 bits per heavy atom. The lowest BCUT2D eigenvalue weighted by atomic mass is 10.2. The molecule has 1 N–H and O–H groups in total. The lowest BCUT2D eigenvalue weighted by Crippen LogP contribution is -2.17. The molecule has 0 amide bonds. The van der Waals surface area contributed by atoms with Crippen molar-refractivity contribution in [3.63, 3.8) is 0 Å². The van der Waals surface area contributed by atoms with Crippen molar-refractivity contribution in [3.8, 4) is 10.8 Å². The molecule has 0 saturated carbocycles. The molecule has 5 nitrogen and oxygen atoms in total. The van der Waals surface area contributed by atoms with Crippen molar-refractivity contribution in [3.05, 3.63) is 53.4 Å². The fraction of sp³-hybridized carbons (Fsp3) is 0.250. The number of nitrogens with zero attached hydrogens (tertiary/aromatic N) is 2. The van der Waals surface area contributed by atoms with Gasteiger partial charge in [0.1, 0.15) is 0 Å². The van der Waals surface area contributed by atoms with E-state index in [1.807, 2.05) is 47.8 Å². The number of benzene rings is 1. The van der Waals surface area contributed by atoms with E-state index in [0.717, 1.165) is 10.4 Å². The van der Waals surface area contributed by atoms with E-state index in [1.165, 1.54) is 11.8 Å². The zero-order valence-corrected chi connectivity index (χ0v) is 13.9. The minimum Gasteiger partial charge on any atom is -0.410 e. The summed E-state index contributed by atoms with van der Waals surface area (Å²) in [6, 6.07) is 13.7. The fourth-order valence-corrected chi connectivity index (χ4v) is 3.18. The van der Waals surface area contributed by atoms with E-state index in [1.54, 1.807) is 11.3 Å². The highest BCUT2D eigenvalue weighted by Gasteiger charge is 2.12. The number of aliphatic hydroxyl groups excluding tert-OH is 1. The summed E-state index contributed by atoms with van der Waals surface area (Å²) in [6.07, 6.45) is -0.583.